The molecule has 0 spiro atoms. The number of aliphatic carboxylic acids is 1. The molecule has 0 bridgehead atoms. The van der Waals surface area contributed by atoms with Crippen LogP contribution < -0.4 is 0 Å². The minimum Gasteiger partial charge on any atom is -0.481 e. The fourth-order valence-electron chi connectivity index (χ4n) is 7.51. The van der Waals surface area contributed by atoms with Crippen LogP contribution in [0.2, 0.25) is 0 Å². The number of esters is 3. The zero-order chi connectivity index (χ0) is 54.9. The molecule has 15 heteroatoms. The summed E-state index contributed by atoms with van der Waals surface area (Å²) in [7, 11) is 0. The van der Waals surface area contributed by atoms with Crippen molar-refractivity contribution >= 4 is 35.4 Å². The summed E-state index contributed by atoms with van der Waals surface area (Å²) < 4.78 is 15.5. The van der Waals surface area contributed by atoms with Gasteiger partial charge in [-0.05, 0) is 88.0 Å². The van der Waals surface area contributed by atoms with Gasteiger partial charge in [-0.15, -0.1) is 0 Å². The van der Waals surface area contributed by atoms with E-state index in [1.165, 1.54) is 5.57 Å². The first-order chi connectivity index (χ1) is 33.6. The van der Waals surface area contributed by atoms with Crippen LogP contribution in [0.3, 0.4) is 0 Å². The van der Waals surface area contributed by atoms with Gasteiger partial charge in [0.25, 0.3) is 0 Å². The molecule has 0 heterocycles. The number of aliphatic hydroxyl groups excluding tert-OH is 5. The van der Waals surface area contributed by atoms with Crippen LogP contribution in [0, 0.1) is 10.8 Å². The Morgan fingerprint density at radius 2 is 1.03 bits per heavy atom. The lowest BCUT2D eigenvalue weighted by molar-refractivity contribution is -0.161. The third-order valence-corrected chi connectivity index (χ3v) is 11.7. The van der Waals surface area contributed by atoms with Crippen LogP contribution in [-0.2, 0) is 43.0 Å². The molecule has 6 unspecified atom stereocenters. The molecule has 15 nitrogen and oxygen atoms in total. The molecule has 0 radical (unpaired) electrons. The smallest absolute Gasteiger partial charge is 0.307 e. The normalized spacial score (nSPS) is 20.5. The van der Waals surface area contributed by atoms with Gasteiger partial charge in [0.1, 0.15) is 31.0 Å². The van der Waals surface area contributed by atoms with Crippen molar-refractivity contribution in [1.82, 2.24) is 0 Å². The molecule has 2 aliphatic rings. The number of Topliss-reactive ketones (excluding diaryl/α,β-unsaturated/α-hetero) is 2. The van der Waals surface area contributed by atoms with Gasteiger partial charge in [0.05, 0.1) is 32.3 Å². The van der Waals surface area contributed by atoms with Crippen LogP contribution >= 0.6 is 0 Å². The first kappa shape index (κ1) is 64.2. The minimum absolute atomic E-state index is 0.217. The van der Waals surface area contributed by atoms with E-state index in [1.54, 1.807) is 13.8 Å². The first-order valence-electron chi connectivity index (χ1n) is 24.2. The topological polar surface area (TPSA) is 251 Å². The van der Waals surface area contributed by atoms with Gasteiger partial charge in [0.15, 0.2) is 23.8 Å². The number of hydrogen-bond donors (Lipinski definition) is 6. The number of allylic oxidation sites excluding steroid dienone is 20. The Balaban J connectivity index is 0.000000816. The van der Waals surface area contributed by atoms with Gasteiger partial charge in [-0.3, -0.25) is 28.8 Å². The maximum atomic E-state index is 13.1. The zero-order valence-corrected chi connectivity index (χ0v) is 44.3. The molecule has 0 aromatic heterocycles. The molecule has 0 aromatic rings. The molecule has 72 heavy (non-hydrogen) atoms. The molecule has 0 fully saturated rings. The third kappa shape index (κ3) is 23.1. The Morgan fingerprint density at radius 3 is 1.49 bits per heavy atom. The van der Waals surface area contributed by atoms with Crippen molar-refractivity contribution in [2.75, 3.05) is 13.2 Å². The van der Waals surface area contributed by atoms with Crippen molar-refractivity contribution in [3.8, 4) is 0 Å². The van der Waals surface area contributed by atoms with E-state index in [1.807, 2.05) is 141 Å². The monoisotopic (exact) mass is 1000 g/mol. The van der Waals surface area contributed by atoms with E-state index >= 15 is 0 Å². The van der Waals surface area contributed by atoms with E-state index in [4.69, 9.17) is 24.4 Å². The average Bonchev–Trinajstić information content (AvgIpc) is 3.30. The predicted molar refractivity (Wildman–Crippen MR) is 277 cm³/mol. The van der Waals surface area contributed by atoms with Crippen LogP contribution in [0.1, 0.15) is 128 Å². The molecule has 0 aliphatic heterocycles. The highest BCUT2D eigenvalue weighted by atomic mass is 16.6. The largest absolute Gasteiger partial charge is 0.481 e. The number of carboxylic acid groups (broad SMARTS) is 1. The summed E-state index contributed by atoms with van der Waals surface area (Å²) in [5, 5.41) is 56.1. The highest BCUT2D eigenvalue weighted by molar-refractivity contribution is 6.02. The fourth-order valence-corrected chi connectivity index (χ4v) is 7.51. The molecule has 2 aliphatic carbocycles. The maximum Gasteiger partial charge on any atom is 0.307 e. The summed E-state index contributed by atoms with van der Waals surface area (Å²) in [5.74, 6) is -3.89. The number of carboxylic acids is 1. The van der Waals surface area contributed by atoms with Crippen molar-refractivity contribution in [3.05, 3.63) is 130 Å². The van der Waals surface area contributed by atoms with Crippen LogP contribution in [0.5, 0.6) is 0 Å². The van der Waals surface area contributed by atoms with Gasteiger partial charge in [0, 0.05) is 12.8 Å². The molecule has 398 valence electrons. The summed E-state index contributed by atoms with van der Waals surface area (Å²) in [4.78, 5) is 72.6. The Hall–Kier alpha value is -5.84. The second-order valence-corrected chi connectivity index (χ2v) is 19.5. The Labute approximate surface area is 426 Å². The van der Waals surface area contributed by atoms with Gasteiger partial charge in [0.2, 0.25) is 0 Å². The summed E-state index contributed by atoms with van der Waals surface area (Å²) in [6.45, 7) is 22.0. The Kier molecular flexibility index (Phi) is 28.1. The summed E-state index contributed by atoms with van der Waals surface area (Å²) >= 11 is 0. The van der Waals surface area contributed by atoms with E-state index in [9.17, 15) is 49.2 Å². The van der Waals surface area contributed by atoms with Crippen molar-refractivity contribution in [3.63, 3.8) is 0 Å². The lowest BCUT2D eigenvalue weighted by atomic mass is 9.71. The first-order valence-corrected chi connectivity index (χ1v) is 24.2. The van der Waals surface area contributed by atoms with Crippen molar-refractivity contribution < 1.29 is 73.6 Å². The minimum atomic E-state index is -1.88. The number of carbonyl (C=O) groups is 6. The second kappa shape index (κ2) is 31.6. The van der Waals surface area contributed by atoms with E-state index < -0.39 is 85.6 Å². The van der Waals surface area contributed by atoms with E-state index in [-0.39, 0.29) is 42.7 Å². The Morgan fingerprint density at radius 1 is 0.611 bits per heavy atom. The van der Waals surface area contributed by atoms with Crippen LogP contribution in [-0.4, -0.2) is 116 Å². The number of ether oxygens (including phenoxy) is 3. The highest BCUT2D eigenvalue weighted by Gasteiger charge is 2.41. The number of carbonyl (C=O) groups excluding carboxylic acids is 5. The molecule has 6 N–H and O–H groups in total. The van der Waals surface area contributed by atoms with Gasteiger partial charge in [-0.1, -0.05) is 142 Å². The molecule has 6 atom stereocenters. The average molecular weight is 1010 g/mol. The quantitative estimate of drug-likeness (QED) is 0.0304. The molecule has 2 rings (SSSR count). The fraction of sp³-hybridized carbons (Fsp3) is 0.509. The van der Waals surface area contributed by atoms with Crippen molar-refractivity contribution in [2.24, 2.45) is 10.8 Å². The van der Waals surface area contributed by atoms with Crippen molar-refractivity contribution in [1.29, 1.82) is 0 Å². The van der Waals surface area contributed by atoms with Crippen LogP contribution in [0.15, 0.2) is 130 Å². The standard InChI is InChI=1S/C35H50O10.C22H30O5/c1-22(2)11-8-9-12-23(3)13-10-14-24(4)15-16-26-25(5)32(41)29(19-35(26,6)7)45-31(40)18-17-30(39)44-21-28(38)34(43)33(42)27(37)20-36;1-6-7-8-9-15(2)10-11-17-16(3)21(26)18(14-22(17,4)5)27-20(25)13-12-19(23)24/h8-16,27-29,33-34,36-38,42-43H,17-21H2,1-7H3;7-11,18H,6,12-14H2,1-5H3,(H,23,24)/b9-8+,13-10+,16-15+,23-12+,24-14+;8-7+,11-10+,15-9+. The van der Waals surface area contributed by atoms with Gasteiger partial charge in [-0.25, -0.2) is 0 Å². The molecular weight excluding hydrogens is 925 g/mol. The van der Waals surface area contributed by atoms with Crippen LogP contribution in [0.4, 0.5) is 0 Å². The molecule has 0 amide bonds. The molecular formula is C57H80O15. The van der Waals surface area contributed by atoms with Crippen molar-refractivity contribution in [2.45, 2.75) is 165 Å². The molecule has 0 aromatic carbocycles. The maximum absolute atomic E-state index is 13.1. The summed E-state index contributed by atoms with van der Waals surface area (Å²) in [6.07, 6.45) is 19.2. The number of hydrogen-bond acceptors (Lipinski definition) is 14. The van der Waals surface area contributed by atoms with Crippen LogP contribution in [0.25, 0.3) is 0 Å². The lowest BCUT2D eigenvalue weighted by Crippen LogP contribution is -2.47. The van der Waals surface area contributed by atoms with Gasteiger partial charge in [-0.2, -0.15) is 0 Å². The second-order valence-electron chi connectivity index (χ2n) is 19.5. The number of aliphatic hydroxyl groups is 5. The zero-order valence-electron chi connectivity index (χ0n) is 44.3. The lowest BCUT2D eigenvalue weighted by Gasteiger charge is -2.36. The van der Waals surface area contributed by atoms with E-state index in [0.29, 0.717) is 17.6 Å². The third-order valence-electron chi connectivity index (χ3n) is 11.7. The molecule has 0 saturated carbocycles. The summed E-state index contributed by atoms with van der Waals surface area (Å²) in [5.41, 5.74) is 6.42. The van der Waals surface area contributed by atoms with Gasteiger partial charge >= 0.3 is 23.9 Å². The Bertz CT molecular complexity index is 2250. The SMILES string of the molecule is CC(C)=C/C=C/C=C(C)/C=C/C=C(C)/C=C/C1=C(C)C(=O)C(OC(=O)CCC(=O)OCC(O)C(O)C(O)C(O)CO)CC1(C)C.CC/C=C/C=C(C)/C=C/C1=C(C)C(=O)C(OC(=O)CCC(=O)O)CC1(C)C. The van der Waals surface area contributed by atoms with E-state index in [0.717, 1.165) is 34.3 Å². The molecule has 0 saturated heterocycles. The highest BCUT2D eigenvalue weighted by Crippen LogP contribution is 2.42. The summed E-state index contributed by atoms with van der Waals surface area (Å²) in [6, 6.07) is 0. The van der Waals surface area contributed by atoms with Gasteiger partial charge < -0.3 is 44.8 Å². The number of rotatable bonds is 24. The predicted octanol–water partition coefficient (Wildman–Crippen LogP) is 8.05. The number of ketones is 2. The van der Waals surface area contributed by atoms with E-state index in [2.05, 4.69) is 13.0 Å².